The van der Waals surface area contributed by atoms with Gasteiger partial charge in [-0.25, -0.2) is 4.79 Å². The van der Waals surface area contributed by atoms with Crippen LogP contribution in [0.4, 0.5) is 0 Å². The SMILES string of the molecule is Cc1nnc(C2CCC2)n1C(C)C(=O)O. The van der Waals surface area contributed by atoms with Crippen molar-refractivity contribution >= 4 is 5.97 Å². The molecule has 1 fully saturated rings. The molecule has 0 spiro atoms. The molecule has 1 aromatic heterocycles. The van der Waals surface area contributed by atoms with E-state index in [2.05, 4.69) is 10.2 Å². The van der Waals surface area contributed by atoms with Gasteiger partial charge in [0.15, 0.2) is 0 Å². The van der Waals surface area contributed by atoms with Crippen molar-refractivity contribution in [1.82, 2.24) is 14.8 Å². The van der Waals surface area contributed by atoms with E-state index >= 15 is 0 Å². The van der Waals surface area contributed by atoms with E-state index in [4.69, 9.17) is 5.11 Å². The largest absolute Gasteiger partial charge is 0.480 e. The quantitative estimate of drug-likeness (QED) is 0.819. The zero-order valence-electron chi connectivity index (χ0n) is 8.97. The summed E-state index contributed by atoms with van der Waals surface area (Å²) >= 11 is 0. The number of aromatic nitrogens is 3. The molecule has 1 aliphatic carbocycles. The molecule has 0 saturated heterocycles. The molecule has 0 radical (unpaired) electrons. The Morgan fingerprint density at radius 1 is 1.53 bits per heavy atom. The van der Waals surface area contributed by atoms with Gasteiger partial charge in [0.2, 0.25) is 0 Å². The molecule has 5 nitrogen and oxygen atoms in total. The van der Waals surface area contributed by atoms with E-state index in [0.717, 1.165) is 18.7 Å². The number of rotatable bonds is 3. The maximum absolute atomic E-state index is 11.0. The van der Waals surface area contributed by atoms with Gasteiger partial charge in [0, 0.05) is 5.92 Å². The second-order valence-electron chi connectivity index (χ2n) is 4.12. The van der Waals surface area contributed by atoms with Crippen LogP contribution in [0, 0.1) is 6.92 Å². The molecule has 0 aromatic carbocycles. The van der Waals surface area contributed by atoms with Gasteiger partial charge in [-0.2, -0.15) is 0 Å². The molecule has 15 heavy (non-hydrogen) atoms. The Balaban J connectivity index is 2.34. The molecule has 1 atom stereocenters. The normalized spacial score (nSPS) is 18.5. The molecule has 5 heteroatoms. The van der Waals surface area contributed by atoms with Gasteiger partial charge in [0.1, 0.15) is 17.7 Å². The van der Waals surface area contributed by atoms with Crippen LogP contribution >= 0.6 is 0 Å². The monoisotopic (exact) mass is 209 g/mol. The third kappa shape index (κ3) is 1.62. The number of carbonyl (C=O) groups is 1. The molecule has 1 N–H and O–H groups in total. The fraction of sp³-hybridized carbons (Fsp3) is 0.700. The van der Waals surface area contributed by atoms with Gasteiger partial charge in [0.05, 0.1) is 0 Å². The first-order valence-electron chi connectivity index (χ1n) is 5.25. The third-order valence-corrected chi connectivity index (χ3v) is 3.11. The van der Waals surface area contributed by atoms with Gasteiger partial charge in [0.25, 0.3) is 0 Å². The van der Waals surface area contributed by atoms with Crippen LogP contribution in [0.25, 0.3) is 0 Å². The third-order valence-electron chi connectivity index (χ3n) is 3.11. The van der Waals surface area contributed by atoms with Gasteiger partial charge in [-0.1, -0.05) is 6.42 Å². The fourth-order valence-electron chi connectivity index (χ4n) is 1.92. The number of hydrogen-bond acceptors (Lipinski definition) is 3. The first-order chi connectivity index (χ1) is 7.11. The van der Waals surface area contributed by atoms with Gasteiger partial charge in [-0.15, -0.1) is 10.2 Å². The molecule has 2 rings (SSSR count). The smallest absolute Gasteiger partial charge is 0.326 e. The Kier molecular flexibility index (Phi) is 2.46. The summed E-state index contributed by atoms with van der Waals surface area (Å²) in [5, 5.41) is 17.1. The highest BCUT2D eigenvalue weighted by molar-refractivity contribution is 5.71. The van der Waals surface area contributed by atoms with Gasteiger partial charge in [-0.3, -0.25) is 0 Å². The van der Waals surface area contributed by atoms with Crippen LogP contribution in [0.1, 0.15) is 49.8 Å². The van der Waals surface area contributed by atoms with E-state index in [-0.39, 0.29) is 0 Å². The molecule has 1 heterocycles. The second kappa shape index (κ2) is 3.64. The van der Waals surface area contributed by atoms with Crippen molar-refractivity contribution in [2.24, 2.45) is 0 Å². The van der Waals surface area contributed by atoms with Crippen molar-refractivity contribution in [1.29, 1.82) is 0 Å². The molecule has 0 amide bonds. The zero-order valence-corrected chi connectivity index (χ0v) is 8.97. The van der Waals surface area contributed by atoms with E-state index in [1.807, 2.05) is 0 Å². The van der Waals surface area contributed by atoms with Crippen LogP contribution in [0.2, 0.25) is 0 Å². The number of aryl methyl sites for hydroxylation is 1. The molecular weight excluding hydrogens is 194 g/mol. The summed E-state index contributed by atoms with van der Waals surface area (Å²) in [4.78, 5) is 11.0. The minimum Gasteiger partial charge on any atom is -0.480 e. The standard InChI is InChI=1S/C10H15N3O2/c1-6(10(14)15)13-7(2)11-12-9(13)8-4-3-5-8/h6,8H,3-5H2,1-2H3,(H,14,15). The summed E-state index contributed by atoms with van der Waals surface area (Å²) in [6.07, 6.45) is 3.41. The van der Waals surface area contributed by atoms with Crippen molar-refractivity contribution in [3.8, 4) is 0 Å². The molecule has 1 aromatic rings. The summed E-state index contributed by atoms with van der Waals surface area (Å²) in [5.74, 6) is 1.10. The lowest BCUT2D eigenvalue weighted by Gasteiger charge is -2.26. The number of nitrogens with zero attached hydrogens (tertiary/aromatic N) is 3. The van der Waals surface area contributed by atoms with E-state index in [1.165, 1.54) is 6.42 Å². The number of hydrogen-bond donors (Lipinski definition) is 1. The molecule has 82 valence electrons. The van der Waals surface area contributed by atoms with Gasteiger partial charge >= 0.3 is 5.97 Å². The van der Waals surface area contributed by atoms with Gasteiger partial charge in [-0.05, 0) is 26.7 Å². The first kappa shape index (κ1) is 10.1. The molecule has 1 unspecified atom stereocenters. The Morgan fingerprint density at radius 2 is 2.20 bits per heavy atom. The Morgan fingerprint density at radius 3 is 2.67 bits per heavy atom. The van der Waals surface area contributed by atoms with Crippen LogP contribution in [-0.2, 0) is 4.79 Å². The highest BCUT2D eigenvalue weighted by atomic mass is 16.4. The molecule has 0 bridgehead atoms. The van der Waals surface area contributed by atoms with E-state index in [1.54, 1.807) is 18.4 Å². The Bertz CT molecular complexity index is 382. The first-order valence-corrected chi connectivity index (χ1v) is 5.25. The second-order valence-corrected chi connectivity index (χ2v) is 4.12. The van der Waals surface area contributed by atoms with Crippen LogP contribution < -0.4 is 0 Å². The Hall–Kier alpha value is -1.39. The lowest BCUT2D eigenvalue weighted by molar-refractivity contribution is -0.140. The van der Waals surface area contributed by atoms with E-state index in [9.17, 15) is 4.79 Å². The summed E-state index contributed by atoms with van der Waals surface area (Å²) in [5.41, 5.74) is 0. The summed E-state index contributed by atoms with van der Waals surface area (Å²) < 4.78 is 1.74. The molecule has 1 aliphatic rings. The predicted octanol–water partition coefficient (Wildman–Crippen LogP) is 1.50. The van der Waals surface area contributed by atoms with E-state index < -0.39 is 12.0 Å². The summed E-state index contributed by atoms with van der Waals surface area (Å²) in [7, 11) is 0. The fourth-order valence-corrected chi connectivity index (χ4v) is 1.92. The summed E-state index contributed by atoms with van der Waals surface area (Å²) in [6.45, 7) is 3.47. The molecule has 0 aliphatic heterocycles. The maximum atomic E-state index is 11.0. The molecular formula is C10H15N3O2. The van der Waals surface area contributed by atoms with Crippen molar-refractivity contribution in [3.05, 3.63) is 11.6 Å². The zero-order chi connectivity index (χ0) is 11.0. The van der Waals surface area contributed by atoms with Crippen molar-refractivity contribution in [3.63, 3.8) is 0 Å². The lowest BCUT2D eigenvalue weighted by atomic mass is 9.84. The maximum Gasteiger partial charge on any atom is 0.326 e. The minimum absolute atomic E-state index is 0.410. The average Bonchev–Trinajstić information content (AvgIpc) is 2.43. The van der Waals surface area contributed by atoms with Gasteiger partial charge < -0.3 is 9.67 Å². The predicted molar refractivity (Wildman–Crippen MR) is 53.7 cm³/mol. The number of aliphatic carboxylic acids is 1. The van der Waals surface area contributed by atoms with E-state index in [0.29, 0.717) is 11.7 Å². The highest BCUT2D eigenvalue weighted by Crippen LogP contribution is 2.36. The minimum atomic E-state index is -0.835. The van der Waals surface area contributed by atoms with Crippen molar-refractivity contribution in [2.45, 2.75) is 45.1 Å². The number of carboxylic acids is 1. The average molecular weight is 209 g/mol. The topological polar surface area (TPSA) is 68.0 Å². The lowest BCUT2D eigenvalue weighted by Crippen LogP contribution is -2.23. The summed E-state index contributed by atoms with van der Waals surface area (Å²) in [6, 6.07) is -0.574. The van der Waals surface area contributed by atoms with Crippen LogP contribution in [0.5, 0.6) is 0 Å². The number of carboxylic acid groups (broad SMARTS) is 1. The Labute approximate surface area is 88.1 Å². The van der Waals surface area contributed by atoms with Crippen molar-refractivity contribution < 1.29 is 9.90 Å². The van der Waals surface area contributed by atoms with Crippen LogP contribution in [-0.4, -0.2) is 25.8 Å². The highest BCUT2D eigenvalue weighted by Gasteiger charge is 2.29. The van der Waals surface area contributed by atoms with Crippen LogP contribution in [0.15, 0.2) is 0 Å². The van der Waals surface area contributed by atoms with Crippen molar-refractivity contribution in [2.75, 3.05) is 0 Å². The molecule has 1 saturated carbocycles. The van der Waals surface area contributed by atoms with Crippen LogP contribution in [0.3, 0.4) is 0 Å².